The van der Waals surface area contributed by atoms with Crippen LogP contribution in [0.25, 0.3) is 16.9 Å². The molecule has 0 saturated carbocycles. The first-order valence-corrected chi connectivity index (χ1v) is 11.6. The summed E-state index contributed by atoms with van der Waals surface area (Å²) in [6.07, 6.45) is -0.157. The van der Waals surface area contributed by atoms with Gasteiger partial charge in [0.05, 0.1) is 18.4 Å². The van der Waals surface area contributed by atoms with Crippen molar-refractivity contribution < 1.29 is 13.6 Å². The molecule has 182 valence electrons. The first-order valence-electron chi connectivity index (χ1n) is 10.5. The number of hydrogen-bond acceptors (Lipinski definition) is 4. The van der Waals surface area contributed by atoms with Gasteiger partial charge in [0.1, 0.15) is 16.3 Å². The van der Waals surface area contributed by atoms with Crippen LogP contribution in [0.5, 0.6) is 0 Å². The van der Waals surface area contributed by atoms with E-state index < -0.39 is 18.0 Å². The summed E-state index contributed by atoms with van der Waals surface area (Å²) >= 11 is 18.7. The minimum absolute atomic E-state index is 0.0190. The molecule has 12 heteroatoms. The Morgan fingerprint density at radius 1 is 1.00 bits per heavy atom. The molecule has 0 aliphatic heterocycles. The van der Waals surface area contributed by atoms with Gasteiger partial charge in [0.15, 0.2) is 11.5 Å². The fourth-order valence-electron chi connectivity index (χ4n) is 3.64. The van der Waals surface area contributed by atoms with E-state index in [-0.39, 0.29) is 34.3 Å². The van der Waals surface area contributed by atoms with Crippen LogP contribution in [0.1, 0.15) is 28.0 Å². The van der Waals surface area contributed by atoms with Crippen molar-refractivity contribution in [1.82, 2.24) is 24.4 Å². The Labute approximate surface area is 218 Å². The van der Waals surface area contributed by atoms with Crippen LogP contribution in [0.4, 0.5) is 14.6 Å². The highest BCUT2D eigenvalue weighted by atomic mass is 35.5. The van der Waals surface area contributed by atoms with Crippen molar-refractivity contribution in [1.29, 1.82) is 0 Å². The second-order valence-electron chi connectivity index (χ2n) is 7.70. The second-order valence-corrected chi connectivity index (χ2v) is 8.93. The summed E-state index contributed by atoms with van der Waals surface area (Å²) in [7, 11) is 0. The van der Waals surface area contributed by atoms with E-state index in [1.807, 2.05) is 0 Å². The SMILES string of the molecule is O=C(Nc1nn(Cc2c(Cl)cccc2Cl)cc1Cl)c1cnn2c(C(F)F)cc(-c3ccccc3)nc12. The van der Waals surface area contributed by atoms with Gasteiger partial charge in [-0.25, -0.2) is 18.3 Å². The zero-order chi connectivity index (χ0) is 25.4. The molecule has 0 radical (unpaired) electrons. The third-order valence-electron chi connectivity index (χ3n) is 5.37. The summed E-state index contributed by atoms with van der Waals surface area (Å²) in [6, 6.07) is 15.2. The first kappa shape index (κ1) is 24.2. The molecule has 5 rings (SSSR count). The van der Waals surface area contributed by atoms with Gasteiger partial charge in [-0.15, -0.1) is 0 Å². The van der Waals surface area contributed by atoms with E-state index in [1.165, 1.54) is 23.1 Å². The first-order chi connectivity index (χ1) is 17.3. The highest BCUT2D eigenvalue weighted by Gasteiger charge is 2.23. The van der Waals surface area contributed by atoms with Crippen molar-refractivity contribution >= 4 is 52.2 Å². The second kappa shape index (κ2) is 9.85. The fraction of sp³-hybridized carbons (Fsp3) is 0.0833. The van der Waals surface area contributed by atoms with Crippen molar-refractivity contribution in [2.45, 2.75) is 13.0 Å². The number of carbonyl (C=O) groups is 1. The molecule has 0 aliphatic carbocycles. The van der Waals surface area contributed by atoms with Crippen LogP contribution in [0.15, 0.2) is 67.0 Å². The van der Waals surface area contributed by atoms with Crippen molar-refractivity contribution in [2.75, 3.05) is 5.32 Å². The predicted molar refractivity (Wildman–Crippen MR) is 134 cm³/mol. The maximum absolute atomic E-state index is 13.8. The molecule has 0 aliphatic rings. The van der Waals surface area contributed by atoms with Gasteiger partial charge in [0.2, 0.25) is 0 Å². The topological polar surface area (TPSA) is 77.1 Å². The number of amides is 1. The lowest BCUT2D eigenvalue weighted by atomic mass is 10.1. The lowest BCUT2D eigenvalue weighted by molar-refractivity contribution is 0.102. The number of hydrogen-bond donors (Lipinski definition) is 1. The number of anilines is 1. The maximum atomic E-state index is 13.8. The Morgan fingerprint density at radius 3 is 2.42 bits per heavy atom. The smallest absolute Gasteiger partial charge is 0.280 e. The average molecular weight is 548 g/mol. The highest BCUT2D eigenvalue weighted by molar-refractivity contribution is 6.36. The van der Waals surface area contributed by atoms with E-state index in [0.29, 0.717) is 21.2 Å². The summed E-state index contributed by atoms with van der Waals surface area (Å²) in [5.41, 5.74) is 1.10. The summed E-state index contributed by atoms with van der Waals surface area (Å²) in [5.74, 6) is -0.594. The van der Waals surface area contributed by atoms with E-state index in [9.17, 15) is 13.6 Å². The Balaban J connectivity index is 1.47. The predicted octanol–water partition coefficient (Wildman–Crippen LogP) is 6.79. The molecule has 5 aromatic rings. The number of alkyl halides is 2. The van der Waals surface area contributed by atoms with E-state index >= 15 is 0 Å². The van der Waals surface area contributed by atoms with Gasteiger partial charge < -0.3 is 5.32 Å². The number of rotatable bonds is 6. The van der Waals surface area contributed by atoms with Gasteiger partial charge in [0, 0.05) is 27.4 Å². The van der Waals surface area contributed by atoms with Crippen LogP contribution in [-0.4, -0.2) is 30.3 Å². The monoisotopic (exact) mass is 546 g/mol. The van der Waals surface area contributed by atoms with E-state index in [0.717, 1.165) is 4.52 Å². The molecule has 3 aromatic heterocycles. The molecule has 0 bridgehead atoms. The molecule has 2 aromatic carbocycles. The van der Waals surface area contributed by atoms with Crippen LogP contribution < -0.4 is 5.32 Å². The molecule has 0 saturated heterocycles. The molecule has 7 nitrogen and oxygen atoms in total. The van der Waals surface area contributed by atoms with Gasteiger partial charge in [-0.1, -0.05) is 71.2 Å². The molecule has 0 spiro atoms. The van der Waals surface area contributed by atoms with Crippen molar-refractivity contribution in [2.24, 2.45) is 0 Å². The Hall–Kier alpha value is -3.53. The quantitative estimate of drug-likeness (QED) is 0.254. The molecule has 3 heterocycles. The van der Waals surface area contributed by atoms with Gasteiger partial charge in [-0.3, -0.25) is 9.48 Å². The van der Waals surface area contributed by atoms with Crippen LogP contribution in [0.3, 0.4) is 0 Å². The maximum Gasteiger partial charge on any atom is 0.280 e. The minimum Gasteiger partial charge on any atom is -0.304 e. The van der Waals surface area contributed by atoms with E-state index in [1.54, 1.807) is 48.5 Å². The molecule has 36 heavy (non-hydrogen) atoms. The molecule has 0 unspecified atom stereocenters. The van der Waals surface area contributed by atoms with Crippen molar-refractivity contribution in [3.8, 4) is 11.3 Å². The van der Waals surface area contributed by atoms with E-state index in [2.05, 4.69) is 20.5 Å². The lowest BCUT2D eigenvalue weighted by Gasteiger charge is -2.08. The number of nitrogens with one attached hydrogen (secondary N) is 1. The van der Waals surface area contributed by atoms with Crippen LogP contribution in [0.2, 0.25) is 15.1 Å². The normalized spacial score (nSPS) is 11.4. The van der Waals surface area contributed by atoms with Gasteiger partial charge >= 0.3 is 0 Å². The fourth-order valence-corrected chi connectivity index (χ4v) is 4.36. The Bertz CT molecular complexity index is 1570. The molecular weight excluding hydrogens is 533 g/mol. The largest absolute Gasteiger partial charge is 0.304 e. The molecule has 0 fully saturated rings. The van der Waals surface area contributed by atoms with Crippen LogP contribution >= 0.6 is 34.8 Å². The summed E-state index contributed by atoms with van der Waals surface area (Å²) in [4.78, 5) is 17.5. The Morgan fingerprint density at radius 2 is 1.72 bits per heavy atom. The number of nitrogens with zero attached hydrogens (tertiary/aromatic N) is 5. The van der Waals surface area contributed by atoms with Crippen LogP contribution in [0, 0.1) is 0 Å². The number of carbonyl (C=O) groups excluding carboxylic acids is 1. The lowest BCUT2D eigenvalue weighted by Crippen LogP contribution is -2.14. The number of aromatic nitrogens is 5. The summed E-state index contributed by atoms with van der Waals surface area (Å²) in [5, 5.41) is 11.9. The minimum atomic E-state index is -2.84. The number of benzene rings is 2. The molecule has 1 N–H and O–H groups in total. The van der Waals surface area contributed by atoms with Gasteiger partial charge in [0.25, 0.3) is 12.3 Å². The number of fused-ring (bicyclic) bond motifs is 1. The summed E-state index contributed by atoms with van der Waals surface area (Å²) in [6.45, 7) is 0.213. The van der Waals surface area contributed by atoms with E-state index in [4.69, 9.17) is 34.8 Å². The van der Waals surface area contributed by atoms with Crippen LogP contribution in [-0.2, 0) is 6.54 Å². The molecule has 1 amide bonds. The zero-order valence-corrected chi connectivity index (χ0v) is 20.4. The summed E-state index contributed by atoms with van der Waals surface area (Å²) < 4.78 is 30.0. The standard InChI is InChI=1S/C24H15Cl3F2N6O/c25-16-7-4-8-17(26)15(16)11-34-12-18(27)22(33-34)32-24(36)14-10-30-35-20(21(28)29)9-19(31-23(14)35)13-5-2-1-3-6-13/h1-10,12,21H,11H2,(H,32,33,36). The van der Waals surface area contributed by atoms with Crippen molar-refractivity contribution in [3.05, 3.63) is 98.9 Å². The third kappa shape index (κ3) is 4.65. The molecule has 0 atom stereocenters. The average Bonchev–Trinajstić information content (AvgIpc) is 3.44. The highest BCUT2D eigenvalue weighted by Crippen LogP contribution is 2.29. The van der Waals surface area contributed by atoms with Gasteiger partial charge in [-0.2, -0.15) is 10.2 Å². The zero-order valence-electron chi connectivity index (χ0n) is 18.2. The number of halogens is 5. The third-order valence-corrected chi connectivity index (χ3v) is 6.35. The van der Waals surface area contributed by atoms with Crippen molar-refractivity contribution in [3.63, 3.8) is 0 Å². The molecular formula is C24H15Cl3F2N6O. The van der Waals surface area contributed by atoms with Gasteiger partial charge in [-0.05, 0) is 18.2 Å². The Kier molecular flexibility index (Phi) is 6.61.